The number of hydrogen-bond acceptors (Lipinski definition) is 5. The predicted molar refractivity (Wildman–Crippen MR) is 121 cm³/mol. The van der Waals surface area contributed by atoms with E-state index in [0.717, 1.165) is 48.7 Å². The Morgan fingerprint density at radius 2 is 1.08 bits per heavy atom. The van der Waals surface area contributed by atoms with Crippen LogP contribution < -0.4 is 10.9 Å². The van der Waals surface area contributed by atoms with Crippen LogP contribution in [0.3, 0.4) is 0 Å². The molecule has 2 aromatic heterocycles. The van der Waals surface area contributed by atoms with E-state index in [-0.39, 0.29) is 5.58 Å². The van der Waals surface area contributed by atoms with Crippen molar-refractivity contribution < 1.29 is 40.3 Å². The zero-order valence-corrected chi connectivity index (χ0v) is 18.2. The molecule has 0 saturated heterocycles. The van der Waals surface area contributed by atoms with Crippen molar-refractivity contribution in [3.05, 3.63) is 98.7 Å². The fourth-order valence-corrected chi connectivity index (χ4v) is 4.19. The van der Waals surface area contributed by atoms with Gasteiger partial charge in [-0.05, 0) is 12.1 Å². The van der Waals surface area contributed by atoms with Crippen molar-refractivity contribution >= 4 is 21.9 Å². The van der Waals surface area contributed by atoms with Crippen LogP contribution in [0.4, 0.5) is 26.3 Å². The van der Waals surface area contributed by atoms with Gasteiger partial charge >= 0.3 is 12.4 Å². The summed E-state index contributed by atoms with van der Waals surface area (Å²) in [5, 5.41) is 9.39. The third kappa shape index (κ3) is 3.92. The van der Waals surface area contributed by atoms with E-state index >= 15 is 0 Å². The number of fused-ring (bicyclic) bond motifs is 3. The average Bonchev–Trinajstić information content (AvgIpc) is 2.83. The number of benzene rings is 3. The molecular formula is C26H12F6O5. The van der Waals surface area contributed by atoms with Gasteiger partial charge in [0.25, 0.3) is 0 Å². The van der Waals surface area contributed by atoms with Gasteiger partial charge in [-0.15, -0.1) is 0 Å². The Hall–Kier alpha value is -4.54. The molecule has 5 nitrogen and oxygen atoms in total. The molecule has 0 atom stereocenters. The number of alkyl halides is 6. The molecule has 0 fully saturated rings. The van der Waals surface area contributed by atoms with E-state index in [0.29, 0.717) is 6.26 Å². The minimum absolute atomic E-state index is 0.310. The van der Waals surface area contributed by atoms with E-state index in [4.69, 9.17) is 8.83 Å². The molecule has 3 aromatic carbocycles. The second kappa shape index (κ2) is 8.26. The van der Waals surface area contributed by atoms with Gasteiger partial charge in [0.2, 0.25) is 10.9 Å². The summed E-state index contributed by atoms with van der Waals surface area (Å²) < 4.78 is 92.0. The van der Waals surface area contributed by atoms with Crippen molar-refractivity contribution in [2.45, 2.75) is 12.4 Å². The molecule has 0 aliphatic carbocycles. The van der Waals surface area contributed by atoms with Gasteiger partial charge < -0.3 is 13.9 Å². The second-order valence-electron chi connectivity index (χ2n) is 8.02. The zero-order chi connectivity index (χ0) is 26.7. The molecule has 0 bridgehead atoms. The van der Waals surface area contributed by atoms with Crippen LogP contribution in [0.1, 0.15) is 11.1 Å². The molecule has 0 aliphatic rings. The minimum atomic E-state index is -4.81. The highest BCUT2D eigenvalue weighted by molar-refractivity contribution is 6.06. The van der Waals surface area contributed by atoms with Crippen molar-refractivity contribution in [1.29, 1.82) is 0 Å². The highest BCUT2D eigenvalue weighted by atomic mass is 19.4. The molecule has 0 radical (unpaired) electrons. The van der Waals surface area contributed by atoms with Crippen LogP contribution in [0.5, 0.6) is 5.75 Å². The van der Waals surface area contributed by atoms with Gasteiger partial charge in [-0.3, -0.25) is 9.59 Å². The van der Waals surface area contributed by atoms with Crippen LogP contribution in [0.25, 0.3) is 44.2 Å². The first kappa shape index (κ1) is 24.2. The van der Waals surface area contributed by atoms with Crippen LogP contribution in [0.15, 0.2) is 85.5 Å². The Kier molecular flexibility index (Phi) is 5.39. The maximum Gasteiger partial charge on any atom is 0.417 e. The minimum Gasteiger partial charge on any atom is -0.507 e. The van der Waals surface area contributed by atoms with Crippen LogP contribution in [-0.2, 0) is 12.4 Å². The quantitative estimate of drug-likeness (QED) is 0.202. The molecule has 5 rings (SSSR count). The van der Waals surface area contributed by atoms with Gasteiger partial charge in [-0.1, -0.05) is 36.4 Å². The lowest BCUT2D eigenvalue weighted by Crippen LogP contribution is -2.14. The van der Waals surface area contributed by atoms with E-state index < -0.39 is 78.7 Å². The predicted octanol–water partition coefficient (Wildman–Crippen LogP) is 6.98. The smallest absolute Gasteiger partial charge is 0.417 e. The molecule has 0 spiro atoms. The van der Waals surface area contributed by atoms with Crippen molar-refractivity contribution in [2.75, 3.05) is 0 Å². The maximum absolute atomic E-state index is 13.6. The summed E-state index contributed by atoms with van der Waals surface area (Å²) in [4.78, 5) is 26.6. The van der Waals surface area contributed by atoms with Crippen LogP contribution in [0.2, 0.25) is 0 Å². The van der Waals surface area contributed by atoms with Gasteiger partial charge in [0.15, 0.2) is 5.58 Å². The first-order valence-corrected chi connectivity index (χ1v) is 10.5. The Bertz CT molecular complexity index is 1810. The number of phenolic OH excluding ortho intramolecular Hbond substituents is 1. The van der Waals surface area contributed by atoms with E-state index in [1.807, 2.05) is 0 Å². The summed E-state index contributed by atoms with van der Waals surface area (Å²) in [7, 11) is 0. The summed E-state index contributed by atoms with van der Waals surface area (Å²) in [6.07, 6.45) is -8.13. The number of hydrogen-bond donors (Lipinski definition) is 1. The fraction of sp³-hybridized carbons (Fsp3) is 0.0769. The van der Waals surface area contributed by atoms with Gasteiger partial charge in [0.1, 0.15) is 34.6 Å². The molecular weight excluding hydrogens is 506 g/mol. The second-order valence-corrected chi connectivity index (χ2v) is 8.02. The zero-order valence-electron chi connectivity index (χ0n) is 18.2. The summed E-state index contributed by atoms with van der Waals surface area (Å²) in [5.41, 5.74) is -7.25. The third-order valence-electron chi connectivity index (χ3n) is 5.81. The Morgan fingerprint density at radius 1 is 0.622 bits per heavy atom. The lowest BCUT2D eigenvalue weighted by Gasteiger charge is -2.14. The first-order chi connectivity index (χ1) is 17.4. The standard InChI is InChI=1S/C26H12F6O5/c27-25(28,29)16-7-3-1-5-12(16)14-10-36-19-9-18(33)20-22(34)15(11-37-24(20)21(19)23(14)35)13-6-2-4-8-17(13)26(30,31)32/h1-11,33H. The van der Waals surface area contributed by atoms with E-state index in [1.54, 1.807) is 0 Å². The van der Waals surface area contributed by atoms with E-state index in [1.165, 1.54) is 12.1 Å². The van der Waals surface area contributed by atoms with E-state index in [2.05, 4.69) is 0 Å². The molecule has 0 aliphatic heterocycles. The summed E-state index contributed by atoms with van der Waals surface area (Å²) in [6, 6.07) is 9.34. The van der Waals surface area contributed by atoms with Gasteiger partial charge in [-0.2, -0.15) is 26.3 Å². The summed E-state index contributed by atoms with van der Waals surface area (Å²) >= 11 is 0. The molecule has 0 saturated carbocycles. The van der Waals surface area contributed by atoms with Gasteiger partial charge in [0.05, 0.1) is 22.3 Å². The number of rotatable bonds is 2. The largest absolute Gasteiger partial charge is 0.507 e. The van der Waals surface area contributed by atoms with Crippen molar-refractivity contribution in [2.24, 2.45) is 0 Å². The molecule has 0 unspecified atom stereocenters. The molecule has 11 heteroatoms. The Labute approximate surface area is 201 Å². The van der Waals surface area contributed by atoms with Gasteiger partial charge in [0, 0.05) is 17.2 Å². The molecule has 37 heavy (non-hydrogen) atoms. The Balaban J connectivity index is 1.84. The van der Waals surface area contributed by atoms with Crippen LogP contribution in [-0.4, -0.2) is 5.11 Å². The number of halogens is 6. The Morgan fingerprint density at radius 3 is 1.59 bits per heavy atom. The summed E-state index contributed by atoms with van der Waals surface area (Å²) in [6.45, 7) is 0. The lowest BCUT2D eigenvalue weighted by atomic mass is 9.97. The van der Waals surface area contributed by atoms with Crippen molar-refractivity contribution in [3.8, 4) is 28.0 Å². The first-order valence-electron chi connectivity index (χ1n) is 10.5. The van der Waals surface area contributed by atoms with Crippen molar-refractivity contribution in [3.63, 3.8) is 0 Å². The van der Waals surface area contributed by atoms with Crippen molar-refractivity contribution in [1.82, 2.24) is 0 Å². The normalized spacial score (nSPS) is 12.4. The lowest BCUT2D eigenvalue weighted by molar-refractivity contribution is -0.137. The SMILES string of the molecule is O=c1c(-c2ccccc2C(F)(F)F)coc2c1c(O)cc1occ(-c3ccccc3C(F)(F)F)c(=O)c12. The summed E-state index contributed by atoms with van der Waals surface area (Å²) in [5.74, 6) is -0.755. The highest BCUT2D eigenvalue weighted by Crippen LogP contribution is 2.39. The van der Waals surface area contributed by atoms with E-state index in [9.17, 15) is 41.0 Å². The topological polar surface area (TPSA) is 80.7 Å². The monoisotopic (exact) mass is 518 g/mol. The van der Waals surface area contributed by atoms with Crippen LogP contribution in [0, 0.1) is 0 Å². The molecule has 1 N–H and O–H groups in total. The molecule has 188 valence electrons. The molecule has 2 heterocycles. The van der Waals surface area contributed by atoms with Crippen LogP contribution >= 0.6 is 0 Å². The molecule has 5 aromatic rings. The number of aromatic hydroxyl groups is 1. The third-order valence-corrected chi connectivity index (χ3v) is 5.81. The van der Waals surface area contributed by atoms with Gasteiger partial charge in [-0.25, -0.2) is 0 Å². The fourth-order valence-electron chi connectivity index (χ4n) is 4.19. The maximum atomic E-state index is 13.6. The molecule has 0 amide bonds. The average molecular weight is 518 g/mol. The highest BCUT2D eigenvalue weighted by Gasteiger charge is 2.35. The number of phenols is 1.